The number of carbonyl (C=O) groups excluding carboxylic acids is 1. The summed E-state index contributed by atoms with van der Waals surface area (Å²) >= 11 is 7.44. The van der Waals surface area contributed by atoms with E-state index in [0.717, 1.165) is 11.3 Å². The molecule has 42 heavy (non-hydrogen) atoms. The van der Waals surface area contributed by atoms with Gasteiger partial charge in [0.05, 0.1) is 47.2 Å². The third-order valence-corrected chi connectivity index (χ3v) is 7.94. The second-order valence-corrected chi connectivity index (χ2v) is 10.5. The third kappa shape index (κ3) is 5.24. The van der Waals surface area contributed by atoms with Crippen LogP contribution in [0.15, 0.2) is 74.0 Å². The predicted molar refractivity (Wildman–Crippen MR) is 156 cm³/mol. The van der Waals surface area contributed by atoms with Crippen molar-refractivity contribution in [2.45, 2.75) is 19.9 Å². The summed E-state index contributed by atoms with van der Waals surface area (Å²) in [7, 11) is 3.03. The molecule has 0 amide bonds. The van der Waals surface area contributed by atoms with Crippen LogP contribution in [0, 0.1) is 0 Å². The predicted octanol–water partition coefficient (Wildman–Crippen LogP) is 4.43. The number of rotatable bonds is 8. The van der Waals surface area contributed by atoms with Crippen LogP contribution in [0.5, 0.6) is 11.5 Å². The number of carboxylic acid groups (broad SMARTS) is 1. The lowest BCUT2D eigenvalue weighted by Crippen LogP contribution is -2.40. The van der Waals surface area contributed by atoms with Crippen LogP contribution in [0.3, 0.4) is 0 Å². The lowest BCUT2D eigenvalue weighted by atomic mass is 9.95. The van der Waals surface area contributed by atoms with E-state index in [1.807, 2.05) is 0 Å². The average Bonchev–Trinajstić information content (AvgIpc) is 3.56. The van der Waals surface area contributed by atoms with Gasteiger partial charge in [0.25, 0.3) is 5.56 Å². The number of fused-ring (bicyclic) bond motifs is 1. The van der Waals surface area contributed by atoms with Gasteiger partial charge in [-0.25, -0.2) is 14.6 Å². The smallest absolute Gasteiger partial charge is 0.338 e. The zero-order valence-electron chi connectivity index (χ0n) is 23.0. The number of furan rings is 1. The highest BCUT2D eigenvalue weighted by molar-refractivity contribution is 7.07. The van der Waals surface area contributed by atoms with Crippen LogP contribution in [0.25, 0.3) is 17.4 Å². The SMILES string of the molecule is CCOC(=O)C1=C(C)N=c2s/c(=C/c3ccc(-c4cc(C(=O)O)ccc4Cl)o3)c(=O)n2[C@H]1c1ccc(OC)cc1OC. The maximum Gasteiger partial charge on any atom is 0.338 e. The molecule has 0 saturated carbocycles. The minimum absolute atomic E-state index is 0.0578. The van der Waals surface area contributed by atoms with Crippen molar-refractivity contribution in [2.24, 2.45) is 4.99 Å². The van der Waals surface area contributed by atoms with Crippen LogP contribution < -0.4 is 24.4 Å². The van der Waals surface area contributed by atoms with E-state index >= 15 is 0 Å². The monoisotopic (exact) mass is 608 g/mol. The number of carbonyl (C=O) groups is 2. The lowest BCUT2D eigenvalue weighted by molar-refractivity contribution is -0.139. The minimum Gasteiger partial charge on any atom is -0.497 e. The first kappa shape index (κ1) is 28.9. The standard InChI is InChI=1S/C30H25ClN2O8S/c1-5-40-29(37)25-15(2)32-30-33(26(25)19-9-7-17(38-3)13-23(19)39-4)27(34)24(42-30)14-18-8-11-22(41-18)20-12-16(28(35)36)6-10-21(20)31/h6-14,26H,5H2,1-4H3,(H,35,36)/b24-14+/t26-/m0/s1. The zero-order valence-corrected chi connectivity index (χ0v) is 24.5. The molecule has 2 aromatic heterocycles. The molecule has 0 saturated heterocycles. The number of hydrogen-bond acceptors (Lipinski definition) is 9. The van der Waals surface area contributed by atoms with Gasteiger partial charge < -0.3 is 23.7 Å². The maximum absolute atomic E-state index is 13.9. The molecule has 0 fully saturated rings. The first-order chi connectivity index (χ1) is 20.2. The van der Waals surface area contributed by atoms with E-state index in [1.165, 1.54) is 37.0 Å². The van der Waals surface area contributed by atoms with Crippen LogP contribution in [0.1, 0.15) is 41.6 Å². The Bertz CT molecular complexity index is 1930. The molecule has 0 aliphatic carbocycles. The van der Waals surface area contributed by atoms with Crippen molar-refractivity contribution < 1.29 is 33.3 Å². The normalized spacial score (nSPS) is 14.8. The van der Waals surface area contributed by atoms with Gasteiger partial charge in [0.1, 0.15) is 29.1 Å². The maximum atomic E-state index is 13.9. The number of esters is 1. The molecule has 10 nitrogen and oxygen atoms in total. The van der Waals surface area contributed by atoms with Gasteiger partial charge in [-0.05, 0) is 56.3 Å². The molecule has 1 N–H and O–H groups in total. The second-order valence-electron chi connectivity index (χ2n) is 9.11. The Kier molecular flexibility index (Phi) is 8.06. The molecule has 5 rings (SSSR count). The van der Waals surface area contributed by atoms with Gasteiger partial charge in [0, 0.05) is 23.3 Å². The van der Waals surface area contributed by atoms with E-state index < -0.39 is 23.5 Å². The number of thiazole rings is 1. The van der Waals surface area contributed by atoms with Crippen molar-refractivity contribution >= 4 is 41.0 Å². The van der Waals surface area contributed by atoms with Crippen LogP contribution in [-0.2, 0) is 9.53 Å². The van der Waals surface area contributed by atoms with Crippen molar-refractivity contribution in [1.29, 1.82) is 0 Å². The Morgan fingerprint density at radius 1 is 1.14 bits per heavy atom. The van der Waals surface area contributed by atoms with Crippen molar-refractivity contribution in [2.75, 3.05) is 20.8 Å². The van der Waals surface area contributed by atoms with E-state index in [4.69, 9.17) is 30.2 Å². The first-order valence-corrected chi connectivity index (χ1v) is 13.9. The molecule has 0 radical (unpaired) electrons. The number of aromatic carboxylic acids is 1. The van der Waals surface area contributed by atoms with Crippen LogP contribution in [0.2, 0.25) is 5.02 Å². The molecule has 4 aromatic rings. The van der Waals surface area contributed by atoms with E-state index in [9.17, 15) is 19.5 Å². The van der Waals surface area contributed by atoms with Crippen LogP contribution >= 0.6 is 22.9 Å². The Morgan fingerprint density at radius 3 is 2.62 bits per heavy atom. The molecular formula is C30H25ClN2O8S. The summed E-state index contributed by atoms with van der Waals surface area (Å²) in [6.45, 7) is 3.54. The summed E-state index contributed by atoms with van der Waals surface area (Å²) in [4.78, 5) is 43.5. The van der Waals surface area contributed by atoms with Gasteiger partial charge in [-0.3, -0.25) is 9.36 Å². The summed E-state index contributed by atoms with van der Waals surface area (Å²) in [5, 5.41) is 9.67. The molecular weight excluding hydrogens is 584 g/mol. The van der Waals surface area contributed by atoms with E-state index in [2.05, 4.69) is 4.99 Å². The molecule has 1 aliphatic heterocycles. The van der Waals surface area contributed by atoms with E-state index in [0.29, 0.717) is 54.2 Å². The van der Waals surface area contributed by atoms with Crippen LogP contribution in [-0.4, -0.2) is 42.4 Å². The summed E-state index contributed by atoms with van der Waals surface area (Å²) in [5.41, 5.74) is 1.24. The Hall–Kier alpha value is -4.61. The van der Waals surface area contributed by atoms with Crippen molar-refractivity contribution in [3.63, 3.8) is 0 Å². The number of ether oxygens (including phenoxy) is 3. The van der Waals surface area contributed by atoms with Gasteiger partial charge in [-0.2, -0.15) is 0 Å². The molecule has 0 spiro atoms. The highest BCUT2D eigenvalue weighted by Gasteiger charge is 2.35. The zero-order chi connectivity index (χ0) is 30.1. The largest absolute Gasteiger partial charge is 0.497 e. The summed E-state index contributed by atoms with van der Waals surface area (Å²) in [6, 6.07) is 11.9. The summed E-state index contributed by atoms with van der Waals surface area (Å²) in [5.74, 6) is -0.0469. The Balaban J connectivity index is 1.66. The molecule has 3 heterocycles. The number of methoxy groups -OCH3 is 2. The Morgan fingerprint density at radius 2 is 1.93 bits per heavy atom. The third-order valence-electron chi connectivity index (χ3n) is 6.63. The first-order valence-electron chi connectivity index (χ1n) is 12.7. The summed E-state index contributed by atoms with van der Waals surface area (Å²) < 4.78 is 24.0. The number of carboxylic acids is 1. The molecule has 1 atom stereocenters. The molecule has 0 bridgehead atoms. The number of hydrogen-bond donors (Lipinski definition) is 1. The molecule has 12 heteroatoms. The van der Waals surface area contributed by atoms with E-state index in [1.54, 1.807) is 50.3 Å². The number of nitrogens with zero attached hydrogens (tertiary/aromatic N) is 2. The van der Waals surface area contributed by atoms with Crippen molar-refractivity contribution in [1.82, 2.24) is 4.57 Å². The van der Waals surface area contributed by atoms with Crippen molar-refractivity contribution in [3.05, 3.63) is 101 Å². The summed E-state index contributed by atoms with van der Waals surface area (Å²) in [6.07, 6.45) is 1.56. The second kappa shape index (κ2) is 11.7. The average molecular weight is 609 g/mol. The molecule has 1 aliphatic rings. The fourth-order valence-corrected chi connectivity index (χ4v) is 5.92. The number of allylic oxidation sites excluding steroid dienone is 1. The van der Waals surface area contributed by atoms with Gasteiger partial charge in [-0.1, -0.05) is 22.9 Å². The number of halogens is 1. The minimum atomic E-state index is -1.10. The Labute approximate surface area is 248 Å². The van der Waals surface area contributed by atoms with Gasteiger partial charge in [0.2, 0.25) is 0 Å². The highest BCUT2D eigenvalue weighted by atomic mass is 35.5. The van der Waals surface area contributed by atoms with Crippen molar-refractivity contribution in [3.8, 4) is 22.8 Å². The quantitative estimate of drug-likeness (QED) is 0.291. The fourth-order valence-electron chi connectivity index (χ4n) is 4.68. The number of aromatic nitrogens is 1. The highest BCUT2D eigenvalue weighted by Crippen LogP contribution is 2.37. The van der Waals surface area contributed by atoms with Gasteiger partial charge >= 0.3 is 11.9 Å². The fraction of sp³-hybridized carbons (Fsp3) is 0.200. The van der Waals surface area contributed by atoms with Gasteiger partial charge in [0.15, 0.2) is 4.80 Å². The molecule has 216 valence electrons. The van der Waals surface area contributed by atoms with E-state index in [-0.39, 0.29) is 17.7 Å². The topological polar surface area (TPSA) is 130 Å². The number of benzene rings is 2. The van der Waals surface area contributed by atoms with Gasteiger partial charge in [-0.15, -0.1) is 0 Å². The lowest BCUT2D eigenvalue weighted by Gasteiger charge is -2.26. The molecule has 2 aromatic carbocycles. The van der Waals surface area contributed by atoms with Crippen LogP contribution in [0.4, 0.5) is 0 Å². The molecule has 0 unspecified atom stereocenters.